The fraction of sp³-hybridized carbons (Fsp3) is 0.800. The summed E-state index contributed by atoms with van der Waals surface area (Å²) in [5.74, 6) is 1.22. The first kappa shape index (κ1) is 12.2. The summed E-state index contributed by atoms with van der Waals surface area (Å²) in [6.07, 6.45) is 10.7. The molecule has 1 saturated carbocycles. The highest BCUT2D eigenvalue weighted by Gasteiger charge is 2.18. The zero-order valence-corrected chi connectivity index (χ0v) is 11.5. The number of fused-ring (bicyclic) bond motifs is 1. The maximum atomic E-state index is 4.74. The van der Waals surface area contributed by atoms with Crippen molar-refractivity contribution in [2.75, 3.05) is 6.54 Å². The first-order valence-electron chi connectivity index (χ1n) is 7.63. The van der Waals surface area contributed by atoms with Crippen molar-refractivity contribution in [1.29, 1.82) is 0 Å². The summed E-state index contributed by atoms with van der Waals surface area (Å²) in [4.78, 5) is 4.74. The number of aryl methyl sites for hydroxylation is 2. The Labute approximate surface area is 110 Å². The minimum Gasteiger partial charge on any atom is -0.331 e. The van der Waals surface area contributed by atoms with Crippen LogP contribution in [0.3, 0.4) is 0 Å². The Kier molecular flexibility index (Phi) is 3.69. The second kappa shape index (κ2) is 5.43. The predicted molar refractivity (Wildman–Crippen MR) is 73.9 cm³/mol. The Bertz CT molecular complexity index is 402. The van der Waals surface area contributed by atoms with Gasteiger partial charge in [-0.2, -0.15) is 0 Å². The number of hydrogen-bond donors (Lipinski definition) is 1. The van der Waals surface area contributed by atoms with Crippen molar-refractivity contribution in [1.82, 2.24) is 14.9 Å². The maximum absolute atomic E-state index is 4.74. The van der Waals surface area contributed by atoms with Gasteiger partial charge in [-0.3, -0.25) is 0 Å². The first-order chi connectivity index (χ1) is 8.84. The fourth-order valence-electron chi connectivity index (χ4n) is 3.54. The molecule has 0 bridgehead atoms. The molecule has 0 radical (unpaired) electrons. The van der Waals surface area contributed by atoms with Crippen LogP contribution < -0.4 is 5.32 Å². The predicted octanol–water partition coefficient (Wildman–Crippen LogP) is 2.60. The van der Waals surface area contributed by atoms with Crippen LogP contribution in [0, 0.1) is 6.92 Å². The number of rotatable bonds is 4. The van der Waals surface area contributed by atoms with Crippen LogP contribution in [-0.4, -0.2) is 22.1 Å². The number of aromatic nitrogens is 2. The molecule has 3 nitrogen and oxygen atoms in total. The molecule has 0 atom stereocenters. The second-order valence-corrected chi connectivity index (χ2v) is 5.85. The van der Waals surface area contributed by atoms with Crippen molar-refractivity contribution in [3.05, 3.63) is 17.2 Å². The number of imidazole rings is 1. The van der Waals surface area contributed by atoms with Gasteiger partial charge in [0, 0.05) is 24.8 Å². The third-order valence-electron chi connectivity index (χ3n) is 4.55. The second-order valence-electron chi connectivity index (χ2n) is 5.85. The molecule has 1 aromatic rings. The Morgan fingerprint density at radius 1 is 1.17 bits per heavy atom. The van der Waals surface area contributed by atoms with Crippen molar-refractivity contribution in [2.45, 2.75) is 70.9 Å². The van der Waals surface area contributed by atoms with Gasteiger partial charge in [-0.25, -0.2) is 4.98 Å². The third-order valence-corrected chi connectivity index (χ3v) is 4.55. The van der Waals surface area contributed by atoms with E-state index in [4.69, 9.17) is 4.98 Å². The molecule has 0 aliphatic heterocycles. The topological polar surface area (TPSA) is 29.9 Å². The van der Waals surface area contributed by atoms with E-state index in [2.05, 4.69) is 16.8 Å². The van der Waals surface area contributed by atoms with Crippen LogP contribution in [0.1, 0.15) is 55.7 Å². The third kappa shape index (κ3) is 2.46. The molecular formula is C15H25N3. The van der Waals surface area contributed by atoms with Crippen LogP contribution in [0.4, 0.5) is 0 Å². The molecule has 18 heavy (non-hydrogen) atoms. The van der Waals surface area contributed by atoms with E-state index in [0.29, 0.717) is 0 Å². The molecule has 0 aromatic carbocycles. The molecule has 0 unspecified atom stereocenters. The fourth-order valence-corrected chi connectivity index (χ4v) is 3.54. The van der Waals surface area contributed by atoms with E-state index in [1.54, 1.807) is 0 Å². The van der Waals surface area contributed by atoms with Gasteiger partial charge >= 0.3 is 0 Å². The molecule has 0 amide bonds. The van der Waals surface area contributed by atoms with E-state index < -0.39 is 0 Å². The van der Waals surface area contributed by atoms with Crippen molar-refractivity contribution in [2.24, 2.45) is 0 Å². The lowest BCUT2D eigenvalue weighted by atomic mass is 10.0. The minimum absolute atomic E-state index is 0.782. The van der Waals surface area contributed by atoms with Crippen LogP contribution in [0.15, 0.2) is 0 Å². The molecule has 2 aliphatic rings. The van der Waals surface area contributed by atoms with Gasteiger partial charge in [0.1, 0.15) is 5.82 Å². The molecule has 3 heteroatoms. The summed E-state index contributed by atoms with van der Waals surface area (Å²) in [6, 6.07) is 0.782. The van der Waals surface area contributed by atoms with Crippen molar-refractivity contribution in [3.63, 3.8) is 0 Å². The van der Waals surface area contributed by atoms with E-state index in [-0.39, 0.29) is 0 Å². The van der Waals surface area contributed by atoms with Gasteiger partial charge in [0.15, 0.2) is 0 Å². The normalized spacial score (nSPS) is 20.3. The molecule has 2 aliphatic carbocycles. The van der Waals surface area contributed by atoms with Crippen LogP contribution in [0.2, 0.25) is 0 Å². The highest BCUT2D eigenvalue weighted by Crippen LogP contribution is 2.22. The van der Waals surface area contributed by atoms with Gasteiger partial charge in [-0.1, -0.05) is 12.8 Å². The SMILES string of the molecule is Cc1nc2c(n1CCNC1CCCC1)CCCC2. The molecule has 1 aromatic heterocycles. The van der Waals surface area contributed by atoms with Crippen LogP contribution in [-0.2, 0) is 19.4 Å². The van der Waals surface area contributed by atoms with E-state index in [0.717, 1.165) is 19.1 Å². The number of nitrogens with zero attached hydrogens (tertiary/aromatic N) is 2. The molecule has 1 fully saturated rings. The number of nitrogens with one attached hydrogen (secondary N) is 1. The van der Waals surface area contributed by atoms with E-state index in [1.807, 2.05) is 0 Å². The zero-order valence-electron chi connectivity index (χ0n) is 11.5. The molecule has 1 heterocycles. The zero-order chi connectivity index (χ0) is 12.4. The summed E-state index contributed by atoms with van der Waals surface area (Å²) in [7, 11) is 0. The average molecular weight is 247 g/mol. The summed E-state index contributed by atoms with van der Waals surface area (Å²) in [6.45, 7) is 4.37. The smallest absolute Gasteiger partial charge is 0.106 e. The van der Waals surface area contributed by atoms with Gasteiger partial charge in [-0.05, 0) is 45.4 Å². The standard InChI is InChI=1S/C15H25N3/c1-12-17-14-8-4-5-9-15(14)18(12)11-10-16-13-6-2-3-7-13/h13,16H,2-11H2,1H3. The molecule has 100 valence electrons. The summed E-state index contributed by atoms with van der Waals surface area (Å²) < 4.78 is 2.45. The Morgan fingerprint density at radius 2 is 1.94 bits per heavy atom. The lowest BCUT2D eigenvalue weighted by Crippen LogP contribution is -2.30. The minimum atomic E-state index is 0.782. The largest absolute Gasteiger partial charge is 0.331 e. The number of hydrogen-bond acceptors (Lipinski definition) is 2. The summed E-state index contributed by atoms with van der Waals surface area (Å²) >= 11 is 0. The molecule has 0 saturated heterocycles. The molecular weight excluding hydrogens is 222 g/mol. The van der Waals surface area contributed by atoms with E-state index in [9.17, 15) is 0 Å². The van der Waals surface area contributed by atoms with Crippen LogP contribution in [0.25, 0.3) is 0 Å². The van der Waals surface area contributed by atoms with Crippen molar-refractivity contribution in [3.8, 4) is 0 Å². The van der Waals surface area contributed by atoms with Crippen LogP contribution >= 0.6 is 0 Å². The van der Waals surface area contributed by atoms with E-state index in [1.165, 1.54) is 68.6 Å². The highest BCUT2D eigenvalue weighted by molar-refractivity contribution is 5.19. The van der Waals surface area contributed by atoms with E-state index >= 15 is 0 Å². The monoisotopic (exact) mass is 247 g/mol. The van der Waals surface area contributed by atoms with Gasteiger partial charge in [-0.15, -0.1) is 0 Å². The lowest BCUT2D eigenvalue weighted by molar-refractivity contribution is 0.485. The highest BCUT2D eigenvalue weighted by atomic mass is 15.1. The summed E-state index contributed by atoms with van der Waals surface area (Å²) in [5, 5.41) is 3.71. The molecule has 1 N–H and O–H groups in total. The van der Waals surface area contributed by atoms with Gasteiger partial charge in [0.25, 0.3) is 0 Å². The quantitative estimate of drug-likeness (QED) is 0.886. The van der Waals surface area contributed by atoms with Crippen molar-refractivity contribution >= 4 is 0 Å². The Morgan fingerprint density at radius 3 is 2.78 bits per heavy atom. The average Bonchev–Trinajstić information content (AvgIpc) is 2.98. The lowest BCUT2D eigenvalue weighted by Gasteiger charge is -2.17. The summed E-state index contributed by atoms with van der Waals surface area (Å²) in [5.41, 5.74) is 2.89. The Hall–Kier alpha value is -0.830. The van der Waals surface area contributed by atoms with Crippen LogP contribution in [0.5, 0.6) is 0 Å². The first-order valence-corrected chi connectivity index (χ1v) is 7.63. The van der Waals surface area contributed by atoms with Gasteiger partial charge in [0.2, 0.25) is 0 Å². The van der Waals surface area contributed by atoms with Gasteiger partial charge < -0.3 is 9.88 Å². The van der Waals surface area contributed by atoms with Gasteiger partial charge in [0.05, 0.1) is 5.69 Å². The van der Waals surface area contributed by atoms with Crippen molar-refractivity contribution < 1.29 is 0 Å². The molecule has 3 rings (SSSR count). The molecule has 0 spiro atoms. The maximum Gasteiger partial charge on any atom is 0.106 e. The Balaban J connectivity index is 1.59.